The molecule has 2 aliphatic carbocycles. The number of benzene rings is 4. The van der Waals surface area contributed by atoms with Crippen molar-refractivity contribution >= 4 is 19.1 Å². The molecule has 0 spiro atoms. The van der Waals surface area contributed by atoms with E-state index in [-0.39, 0.29) is 32.2 Å². The Kier molecular flexibility index (Phi) is 12.1. The normalized spacial score (nSPS) is 13.8. The summed E-state index contributed by atoms with van der Waals surface area (Å²) in [7, 11) is 3.28. The van der Waals surface area contributed by atoms with Gasteiger partial charge in [-0.25, -0.2) is 0 Å². The molecule has 0 saturated carbocycles. The predicted octanol–water partition coefficient (Wildman–Crippen LogP) is 8.64. The van der Waals surface area contributed by atoms with Gasteiger partial charge in [-0.3, -0.25) is 0 Å². The number of hydrogen-bond acceptors (Lipinski definition) is 4. The van der Waals surface area contributed by atoms with E-state index >= 15 is 17.6 Å². The van der Waals surface area contributed by atoms with Crippen LogP contribution in [0.5, 0.6) is 0 Å². The molecule has 51 heavy (non-hydrogen) atoms. The van der Waals surface area contributed by atoms with Crippen molar-refractivity contribution < 1.29 is 43.6 Å². The number of nitrogens with one attached hydrogen (secondary N) is 2. The van der Waals surface area contributed by atoms with E-state index in [0.717, 1.165) is 22.3 Å². The Morgan fingerprint density at radius 3 is 1.35 bits per heavy atom. The fraction of sp³-hybridized carbons (Fsp3) is 0.238. The molecular weight excluding hydrogens is 688 g/mol. The first kappa shape index (κ1) is 36.6. The van der Waals surface area contributed by atoms with Crippen LogP contribution in [-0.2, 0) is 52.0 Å². The van der Waals surface area contributed by atoms with Crippen LogP contribution in [0.2, 0.25) is 0 Å². The molecule has 0 amide bonds. The Bertz CT molecular complexity index is 1860. The van der Waals surface area contributed by atoms with Crippen LogP contribution in [0.4, 0.5) is 28.9 Å². The molecule has 9 heteroatoms. The average Bonchev–Trinajstić information content (AvgIpc) is 3.89. The van der Waals surface area contributed by atoms with Gasteiger partial charge in [0.25, 0.3) is 0 Å². The molecule has 6 rings (SSSR count). The Balaban J connectivity index is 1.47. The van der Waals surface area contributed by atoms with Crippen molar-refractivity contribution in [3.63, 3.8) is 0 Å². The molecular formula is C42H42F4N2O2Ti. The van der Waals surface area contributed by atoms with Crippen molar-refractivity contribution in [2.45, 2.75) is 38.8 Å². The van der Waals surface area contributed by atoms with Crippen LogP contribution < -0.4 is 18.4 Å². The molecule has 4 nitrogen and oxygen atoms in total. The van der Waals surface area contributed by atoms with Crippen molar-refractivity contribution in [1.29, 1.82) is 0 Å². The number of ether oxygens (including phenoxy) is 2. The number of allylic oxidation sites excluding steroid dienone is 8. The first-order valence-corrected chi connectivity index (χ1v) is 20.3. The molecule has 4 aromatic carbocycles. The number of rotatable bonds is 16. The quantitative estimate of drug-likeness (QED) is 0.0896. The molecule has 264 valence electrons. The van der Waals surface area contributed by atoms with E-state index in [4.69, 9.17) is 9.47 Å². The number of halogens is 4. The van der Waals surface area contributed by atoms with Crippen LogP contribution in [0.15, 0.2) is 117 Å². The van der Waals surface area contributed by atoms with Crippen molar-refractivity contribution in [2.24, 2.45) is 0 Å². The van der Waals surface area contributed by atoms with E-state index in [9.17, 15) is 0 Å². The van der Waals surface area contributed by atoms with Crippen LogP contribution in [0, 0.1) is 23.3 Å². The van der Waals surface area contributed by atoms with Crippen molar-refractivity contribution in [3.05, 3.63) is 163 Å². The summed E-state index contributed by atoms with van der Waals surface area (Å²) in [5.74, 6) is -3.28. The Morgan fingerprint density at radius 2 is 0.980 bits per heavy atom. The molecule has 0 bridgehead atoms. The zero-order valence-electron chi connectivity index (χ0n) is 28.9. The zero-order valence-corrected chi connectivity index (χ0v) is 30.4. The summed E-state index contributed by atoms with van der Waals surface area (Å²) in [6.07, 6.45) is 13.0. The summed E-state index contributed by atoms with van der Waals surface area (Å²) in [5.41, 5.74) is 4.12. The van der Waals surface area contributed by atoms with Gasteiger partial charge in [-0.05, 0) is 0 Å². The molecule has 0 atom stereocenters. The average molecular weight is 731 g/mol. The van der Waals surface area contributed by atoms with Gasteiger partial charge in [0.15, 0.2) is 0 Å². The summed E-state index contributed by atoms with van der Waals surface area (Å²) in [6.45, 7) is 1.59. The molecule has 0 aliphatic heterocycles. The second-order valence-corrected chi connectivity index (χ2v) is 18.6. The van der Waals surface area contributed by atoms with Crippen molar-refractivity contribution in [2.75, 3.05) is 38.1 Å². The maximum atomic E-state index is 17.3. The summed E-state index contributed by atoms with van der Waals surface area (Å²) >= 11 is -5.01. The van der Waals surface area contributed by atoms with Crippen LogP contribution in [-0.4, -0.2) is 27.4 Å². The minimum absolute atomic E-state index is 0.0730. The van der Waals surface area contributed by atoms with Gasteiger partial charge in [-0.2, -0.15) is 0 Å². The predicted molar refractivity (Wildman–Crippen MR) is 194 cm³/mol. The van der Waals surface area contributed by atoms with E-state index in [1.807, 2.05) is 72.8 Å². The van der Waals surface area contributed by atoms with Crippen LogP contribution >= 0.6 is 0 Å². The molecule has 0 saturated heterocycles. The molecule has 0 heterocycles. The van der Waals surface area contributed by atoms with Gasteiger partial charge in [-0.15, -0.1) is 0 Å². The van der Waals surface area contributed by atoms with Gasteiger partial charge in [0.2, 0.25) is 0 Å². The van der Waals surface area contributed by atoms with E-state index in [0.29, 0.717) is 46.7 Å². The third kappa shape index (κ3) is 7.56. The van der Waals surface area contributed by atoms with Crippen LogP contribution in [0.1, 0.15) is 35.1 Å². The Labute approximate surface area is 300 Å². The van der Waals surface area contributed by atoms with Crippen molar-refractivity contribution in [1.82, 2.24) is 0 Å². The maximum absolute atomic E-state index is 17.3. The fourth-order valence-corrected chi connectivity index (χ4v) is 15.5. The monoisotopic (exact) mass is 730 g/mol. The number of hydrogen-bond donors (Lipinski definition) is 2. The van der Waals surface area contributed by atoms with E-state index in [1.54, 1.807) is 26.4 Å². The molecule has 0 unspecified atom stereocenters. The topological polar surface area (TPSA) is 42.5 Å². The zero-order chi connectivity index (χ0) is 35.8. The first-order valence-electron chi connectivity index (χ1n) is 17.2. The van der Waals surface area contributed by atoms with E-state index < -0.39 is 39.9 Å². The van der Waals surface area contributed by atoms with Crippen molar-refractivity contribution in [3.8, 4) is 0 Å². The molecule has 4 aromatic rings. The Morgan fingerprint density at radius 1 is 0.569 bits per heavy atom. The number of methoxy groups -OCH3 is 2. The fourth-order valence-electron chi connectivity index (χ4n) is 7.24. The second kappa shape index (κ2) is 16.9. The van der Waals surface area contributed by atoms with Gasteiger partial charge in [0, 0.05) is 0 Å². The SMILES string of the molecule is COCCc1ccccc1CNc1ccc(F)[c]([Ti]([C]2=CC=CC2)([C]2=CC=CC2)[c]2c(F)ccc(NCc3ccccc3CCOC)c2F)c1F. The first-order chi connectivity index (χ1) is 24.9. The Hall–Kier alpha value is -4.21. The van der Waals surface area contributed by atoms with Crippen LogP contribution in [0.25, 0.3) is 0 Å². The van der Waals surface area contributed by atoms with E-state index in [2.05, 4.69) is 10.6 Å². The molecule has 0 aromatic heterocycles. The summed E-state index contributed by atoms with van der Waals surface area (Å²) in [6, 6.07) is 20.8. The summed E-state index contributed by atoms with van der Waals surface area (Å²) in [5, 5.41) is 6.37. The molecule has 2 aliphatic rings. The third-order valence-corrected chi connectivity index (χ3v) is 17.7. The molecule has 0 radical (unpaired) electrons. The summed E-state index contributed by atoms with van der Waals surface area (Å²) in [4.78, 5) is 0. The van der Waals surface area contributed by atoms with Gasteiger partial charge >= 0.3 is 302 Å². The molecule has 2 N–H and O–H groups in total. The standard InChI is InChI=1S/2C16H16F2NO.2C5H5.Ti/c2*1-20-9-8-12-4-2-3-5-13(12)11-19-16-7-6-14(17)10-15(16)18;2*1-2-4-5-3-1;/h2*2-7,19H,8-9,11H2,1H3;2*1-3H,4H2;. The number of anilines is 2. The van der Waals surface area contributed by atoms with Gasteiger partial charge in [0.1, 0.15) is 0 Å². The minimum atomic E-state index is -5.01. The van der Waals surface area contributed by atoms with E-state index in [1.165, 1.54) is 24.3 Å². The van der Waals surface area contributed by atoms with Crippen LogP contribution in [0.3, 0.4) is 0 Å². The van der Waals surface area contributed by atoms with Gasteiger partial charge in [-0.1, -0.05) is 0 Å². The summed E-state index contributed by atoms with van der Waals surface area (Å²) < 4.78 is 79.0. The van der Waals surface area contributed by atoms with Gasteiger partial charge < -0.3 is 0 Å². The third-order valence-electron chi connectivity index (χ3n) is 9.76. The second-order valence-electron chi connectivity index (χ2n) is 12.7. The molecule has 0 fully saturated rings. The van der Waals surface area contributed by atoms with Gasteiger partial charge in [0.05, 0.1) is 0 Å².